The van der Waals surface area contributed by atoms with E-state index in [1.165, 1.54) is 17.0 Å². The van der Waals surface area contributed by atoms with Crippen LogP contribution in [0.5, 0.6) is 5.75 Å². The summed E-state index contributed by atoms with van der Waals surface area (Å²) in [5.74, 6) is -0.707. The molecule has 1 saturated carbocycles. The molecule has 2 aromatic carbocycles. The lowest BCUT2D eigenvalue weighted by molar-refractivity contribution is -0.124. The highest BCUT2D eigenvalue weighted by molar-refractivity contribution is 6.14. The minimum atomic E-state index is -0.977. The van der Waals surface area contributed by atoms with E-state index in [4.69, 9.17) is 9.84 Å². The number of urea groups is 1. The third kappa shape index (κ3) is 4.60. The van der Waals surface area contributed by atoms with Crippen LogP contribution in [0.3, 0.4) is 0 Å². The average Bonchev–Trinajstić information content (AvgIpc) is 3.06. The van der Waals surface area contributed by atoms with Gasteiger partial charge in [0.2, 0.25) is 0 Å². The van der Waals surface area contributed by atoms with Crippen LogP contribution in [0.1, 0.15) is 53.6 Å². The van der Waals surface area contributed by atoms with Crippen molar-refractivity contribution in [1.82, 2.24) is 10.2 Å². The summed E-state index contributed by atoms with van der Waals surface area (Å²) in [6.45, 7) is 0.245. The number of ether oxygens (including phenoxy) is 1. The number of aromatic carboxylic acids is 1. The molecule has 1 aliphatic carbocycles. The van der Waals surface area contributed by atoms with Gasteiger partial charge in [-0.2, -0.15) is 0 Å². The van der Waals surface area contributed by atoms with Crippen LogP contribution in [0.2, 0.25) is 0 Å². The van der Waals surface area contributed by atoms with Gasteiger partial charge in [0.15, 0.2) is 0 Å². The third-order valence-corrected chi connectivity index (χ3v) is 5.66. The Kier molecular flexibility index (Phi) is 6.02. The van der Waals surface area contributed by atoms with Crippen LogP contribution in [0, 0.1) is 0 Å². The van der Waals surface area contributed by atoms with Gasteiger partial charge >= 0.3 is 12.0 Å². The second-order valence-corrected chi connectivity index (χ2v) is 7.78. The molecule has 2 aliphatic rings. The van der Waals surface area contributed by atoms with Crippen LogP contribution in [-0.4, -0.2) is 34.0 Å². The number of hydrogen-bond donors (Lipinski definition) is 2. The topological polar surface area (TPSA) is 95.9 Å². The maximum atomic E-state index is 12.9. The van der Waals surface area contributed by atoms with Gasteiger partial charge in [-0.3, -0.25) is 9.69 Å². The van der Waals surface area contributed by atoms with Crippen molar-refractivity contribution < 1.29 is 24.2 Å². The van der Waals surface area contributed by atoms with Gasteiger partial charge in [-0.25, -0.2) is 9.59 Å². The van der Waals surface area contributed by atoms with Gasteiger partial charge in [-0.05, 0) is 42.7 Å². The Balaban J connectivity index is 1.49. The Morgan fingerprint density at radius 3 is 2.48 bits per heavy atom. The number of amides is 3. The number of rotatable bonds is 6. The van der Waals surface area contributed by atoms with Crippen LogP contribution in [0.15, 0.2) is 54.2 Å². The van der Waals surface area contributed by atoms with E-state index in [0.29, 0.717) is 11.3 Å². The van der Waals surface area contributed by atoms with Crippen LogP contribution < -0.4 is 10.1 Å². The van der Waals surface area contributed by atoms with Crippen LogP contribution >= 0.6 is 0 Å². The highest BCUT2D eigenvalue weighted by Crippen LogP contribution is 2.28. The number of carbonyl (C=O) groups excluding carboxylic acids is 2. The summed E-state index contributed by atoms with van der Waals surface area (Å²) in [5.41, 5.74) is 1.96. The molecule has 0 aromatic heterocycles. The summed E-state index contributed by atoms with van der Waals surface area (Å²) >= 11 is 0. The van der Waals surface area contributed by atoms with E-state index in [-0.39, 0.29) is 35.8 Å². The van der Waals surface area contributed by atoms with Crippen LogP contribution in [-0.2, 0) is 11.4 Å². The fourth-order valence-electron chi connectivity index (χ4n) is 4.01. The second-order valence-electron chi connectivity index (χ2n) is 7.78. The van der Waals surface area contributed by atoms with Crippen molar-refractivity contribution in [3.63, 3.8) is 0 Å². The lowest BCUT2D eigenvalue weighted by Crippen LogP contribution is -2.41. The largest absolute Gasteiger partial charge is 0.488 e. The smallest absolute Gasteiger partial charge is 0.335 e. The number of hydrogen-bond acceptors (Lipinski definition) is 4. The molecule has 2 N–H and O–H groups in total. The molecule has 0 atom stereocenters. The van der Waals surface area contributed by atoms with Gasteiger partial charge in [0.05, 0.1) is 5.56 Å². The van der Waals surface area contributed by atoms with E-state index in [9.17, 15) is 14.4 Å². The first kappa shape index (κ1) is 20.7. The number of carboxylic acids is 1. The SMILES string of the molecule is O=C(O)c1ccc(COc2ccccc2/C=C2\NC(=O)N(C3CCCCC3)C2=O)cc1. The molecule has 0 bridgehead atoms. The Bertz CT molecular complexity index is 1020. The second kappa shape index (κ2) is 9.04. The summed E-state index contributed by atoms with van der Waals surface area (Å²) in [5, 5.41) is 11.7. The highest BCUT2D eigenvalue weighted by Gasteiger charge is 2.39. The van der Waals surface area contributed by atoms with E-state index in [2.05, 4.69) is 5.32 Å². The number of nitrogens with zero attached hydrogens (tertiary/aromatic N) is 1. The predicted octanol–water partition coefficient (Wildman–Crippen LogP) is 4.19. The first-order valence-corrected chi connectivity index (χ1v) is 10.4. The van der Waals surface area contributed by atoms with Gasteiger partial charge in [0, 0.05) is 11.6 Å². The molecule has 31 heavy (non-hydrogen) atoms. The molecular formula is C24H24N2O5. The molecule has 0 radical (unpaired) electrons. The molecule has 160 valence electrons. The fourth-order valence-corrected chi connectivity index (χ4v) is 4.01. The number of imide groups is 1. The Hall–Kier alpha value is -3.61. The lowest BCUT2D eigenvalue weighted by atomic mass is 9.94. The van der Waals surface area contributed by atoms with E-state index in [0.717, 1.165) is 37.7 Å². The van der Waals surface area contributed by atoms with Crippen molar-refractivity contribution >= 4 is 24.0 Å². The van der Waals surface area contributed by atoms with Crippen molar-refractivity contribution in [2.45, 2.75) is 44.8 Å². The zero-order valence-corrected chi connectivity index (χ0v) is 17.0. The predicted molar refractivity (Wildman–Crippen MR) is 114 cm³/mol. The molecule has 1 aliphatic heterocycles. The Labute approximate surface area is 180 Å². The minimum Gasteiger partial charge on any atom is -0.488 e. The summed E-state index contributed by atoms with van der Waals surface area (Å²) < 4.78 is 5.91. The van der Waals surface area contributed by atoms with E-state index in [1.54, 1.807) is 24.3 Å². The Morgan fingerprint density at radius 2 is 1.77 bits per heavy atom. The molecule has 1 heterocycles. The van der Waals surface area contributed by atoms with Gasteiger partial charge in [0.1, 0.15) is 18.1 Å². The first-order chi connectivity index (χ1) is 15.0. The molecule has 1 saturated heterocycles. The summed E-state index contributed by atoms with van der Waals surface area (Å²) in [4.78, 5) is 37.7. The average molecular weight is 420 g/mol. The quantitative estimate of drug-likeness (QED) is 0.540. The van der Waals surface area contributed by atoms with Crippen LogP contribution in [0.4, 0.5) is 4.79 Å². The van der Waals surface area contributed by atoms with Gasteiger partial charge in [0.25, 0.3) is 5.91 Å². The van der Waals surface area contributed by atoms with Crippen molar-refractivity contribution in [2.24, 2.45) is 0 Å². The third-order valence-electron chi connectivity index (χ3n) is 5.66. The van der Waals surface area contributed by atoms with Crippen molar-refractivity contribution in [2.75, 3.05) is 0 Å². The normalized spacial score (nSPS) is 18.3. The molecule has 0 spiro atoms. The summed E-state index contributed by atoms with van der Waals surface area (Å²) in [6.07, 6.45) is 6.56. The molecule has 4 rings (SSSR count). The van der Waals surface area contributed by atoms with Crippen molar-refractivity contribution in [3.05, 3.63) is 70.9 Å². The Morgan fingerprint density at radius 1 is 1.06 bits per heavy atom. The molecule has 3 amide bonds. The number of carbonyl (C=O) groups is 3. The number of benzene rings is 2. The monoisotopic (exact) mass is 420 g/mol. The number of carboxylic acid groups (broad SMARTS) is 1. The standard InChI is InChI=1S/C24H24N2O5/c27-22-20(25-24(30)26(22)19-7-2-1-3-8-19)14-18-6-4-5-9-21(18)31-15-16-10-12-17(13-11-16)23(28)29/h4-6,9-14,19H,1-3,7-8,15H2,(H,25,30)(H,28,29)/b20-14-. The summed E-state index contributed by atoms with van der Waals surface area (Å²) in [7, 11) is 0. The molecule has 2 aromatic rings. The van der Waals surface area contributed by atoms with E-state index < -0.39 is 5.97 Å². The summed E-state index contributed by atoms with van der Waals surface area (Å²) in [6, 6.07) is 13.3. The zero-order chi connectivity index (χ0) is 21.8. The molecule has 7 nitrogen and oxygen atoms in total. The first-order valence-electron chi connectivity index (χ1n) is 10.4. The zero-order valence-electron chi connectivity index (χ0n) is 17.0. The molecule has 0 unspecified atom stereocenters. The maximum Gasteiger partial charge on any atom is 0.335 e. The van der Waals surface area contributed by atoms with Gasteiger partial charge in [-0.15, -0.1) is 0 Å². The highest BCUT2D eigenvalue weighted by atomic mass is 16.5. The van der Waals surface area contributed by atoms with E-state index >= 15 is 0 Å². The van der Waals surface area contributed by atoms with E-state index in [1.807, 2.05) is 18.2 Å². The van der Waals surface area contributed by atoms with Gasteiger partial charge < -0.3 is 15.2 Å². The molecular weight excluding hydrogens is 396 g/mol. The van der Waals surface area contributed by atoms with Crippen molar-refractivity contribution in [3.8, 4) is 5.75 Å². The fraction of sp³-hybridized carbons (Fsp3) is 0.292. The van der Waals surface area contributed by atoms with Crippen LogP contribution in [0.25, 0.3) is 6.08 Å². The maximum absolute atomic E-state index is 12.9. The number of nitrogens with one attached hydrogen (secondary N) is 1. The molecule has 2 fully saturated rings. The number of para-hydroxylation sites is 1. The van der Waals surface area contributed by atoms with Crippen molar-refractivity contribution in [1.29, 1.82) is 0 Å². The molecule has 7 heteroatoms. The lowest BCUT2D eigenvalue weighted by Gasteiger charge is -2.28. The minimum absolute atomic E-state index is 0.0348. The van der Waals surface area contributed by atoms with Gasteiger partial charge in [-0.1, -0.05) is 49.6 Å².